The predicted octanol–water partition coefficient (Wildman–Crippen LogP) is 3.12. The molecule has 0 radical (unpaired) electrons. The van der Waals surface area contributed by atoms with E-state index in [2.05, 4.69) is 21.3 Å². The molecule has 3 heterocycles. The summed E-state index contributed by atoms with van der Waals surface area (Å²) in [4.78, 5) is 24.3. The first-order valence-corrected chi connectivity index (χ1v) is 8.64. The number of aromatic nitrogens is 2. The third-order valence-corrected chi connectivity index (χ3v) is 5.38. The van der Waals surface area contributed by atoms with Crippen molar-refractivity contribution in [3.63, 3.8) is 0 Å². The van der Waals surface area contributed by atoms with Gasteiger partial charge in [0.25, 0.3) is 0 Å². The second kappa shape index (κ2) is 5.28. The van der Waals surface area contributed by atoms with E-state index in [-0.39, 0.29) is 5.91 Å². The van der Waals surface area contributed by atoms with Crippen molar-refractivity contribution in [3.8, 4) is 0 Å². The molecule has 1 atom stereocenters. The molecule has 5 nitrogen and oxygen atoms in total. The van der Waals surface area contributed by atoms with Crippen LogP contribution < -0.4 is 10.2 Å². The first kappa shape index (κ1) is 14.4. The van der Waals surface area contributed by atoms with E-state index in [1.807, 2.05) is 48.7 Å². The Kier molecular flexibility index (Phi) is 3.04. The van der Waals surface area contributed by atoms with Crippen molar-refractivity contribution in [1.29, 1.82) is 0 Å². The van der Waals surface area contributed by atoms with Crippen LogP contribution in [0.2, 0.25) is 0 Å². The third-order valence-electron chi connectivity index (χ3n) is 5.38. The highest BCUT2D eigenvalue weighted by atomic mass is 16.2. The molecule has 0 bridgehead atoms. The van der Waals surface area contributed by atoms with Crippen molar-refractivity contribution >= 4 is 28.4 Å². The first-order valence-electron chi connectivity index (χ1n) is 8.64. The molecular weight excluding hydrogens is 312 g/mol. The van der Waals surface area contributed by atoms with Crippen LogP contribution in [-0.4, -0.2) is 29.0 Å². The van der Waals surface area contributed by atoms with E-state index in [1.165, 1.54) is 0 Å². The molecule has 5 rings (SSSR count). The van der Waals surface area contributed by atoms with Gasteiger partial charge in [0.05, 0.1) is 22.6 Å². The van der Waals surface area contributed by atoms with Crippen molar-refractivity contribution in [2.24, 2.45) is 0 Å². The summed E-state index contributed by atoms with van der Waals surface area (Å²) in [6.07, 6.45) is 3.64. The largest absolute Gasteiger partial charge is 0.354 e. The average molecular weight is 330 g/mol. The monoisotopic (exact) mass is 330 g/mol. The van der Waals surface area contributed by atoms with Gasteiger partial charge in [-0.2, -0.15) is 0 Å². The highest BCUT2D eigenvalue weighted by molar-refractivity contribution is 6.06. The van der Waals surface area contributed by atoms with Crippen LogP contribution in [0.25, 0.3) is 11.0 Å². The lowest BCUT2D eigenvalue weighted by atomic mass is 9.75. The van der Waals surface area contributed by atoms with Crippen LogP contribution in [0.15, 0.2) is 54.7 Å². The summed E-state index contributed by atoms with van der Waals surface area (Å²) in [5.74, 6) is 0.946. The van der Waals surface area contributed by atoms with E-state index in [1.54, 1.807) is 0 Å². The number of hydrogen-bond acceptors (Lipinski definition) is 4. The van der Waals surface area contributed by atoms with E-state index in [4.69, 9.17) is 4.98 Å². The Hall–Kier alpha value is -2.95. The zero-order valence-electron chi connectivity index (χ0n) is 13.8. The lowest BCUT2D eigenvalue weighted by Gasteiger charge is -2.39. The number of anilines is 2. The van der Waals surface area contributed by atoms with Gasteiger partial charge in [0.15, 0.2) is 0 Å². The maximum Gasteiger partial charge on any atom is 0.236 e. The quantitative estimate of drug-likeness (QED) is 0.745. The zero-order valence-corrected chi connectivity index (χ0v) is 13.8. The summed E-state index contributed by atoms with van der Waals surface area (Å²) in [5, 5.41) is 3.06. The lowest BCUT2D eigenvalue weighted by Crippen LogP contribution is -2.50. The van der Waals surface area contributed by atoms with E-state index < -0.39 is 5.41 Å². The molecule has 1 amide bonds. The van der Waals surface area contributed by atoms with E-state index >= 15 is 0 Å². The number of hydrogen-bond donors (Lipinski definition) is 1. The van der Waals surface area contributed by atoms with E-state index in [0.717, 1.165) is 47.5 Å². The molecule has 1 spiro atoms. The number of fused-ring (bicyclic) bond motifs is 3. The average Bonchev–Trinajstić information content (AvgIpc) is 2.93. The summed E-state index contributed by atoms with van der Waals surface area (Å²) in [7, 11) is 0. The van der Waals surface area contributed by atoms with Gasteiger partial charge in [-0.3, -0.25) is 9.78 Å². The number of carbonyl (C=O) groups is 1. The number of benzene rings is 2. The highest BCUT2D eigenvalue weighted by Gasteiger charge is 2.49. The number of nitrogens with one attached hydrogen (secondary N) is 1. The van der Waals surface area contributed by atoms with Gasteiger partial charge in [0.2, 0.25) is 5.91 Å². The van der Waals surface area contributed by atoms with Gasteiger partial charge in [0.1, 0.15) is 5.82 Å². The van der Waals surface area contributed by atoms with Crippen LogP contribution in [-0.2, 0) is 10.2 Å². The fraction of sp³-hybridized carbons (Fsp3) is 0.250. The molecule has 124 valence electrons. The molecule has 2 aliphatic rings. The van der Waals surface area contributed by atoms with Crippen molar-refractivity contribution in [2.45, 2.75) is 18.3 Å². The summed E-state index contributed by atoms with van der Waals surface area (Å²) in [6, 6.07) is 15.9. The van der Waals surface area contributed by atoms with E-state index in [0.29, 0.717) is 6.54 Å². The van der Waals surface area contributed by atoms with Gasteiger partial charge in [-0.15, -0.1) is 0 Å². The smallest absolute Gasteiger partial charge is 0.236 e. The minimum atomic E-state index is -0.484. The molecule has 2 aromatic carbocycles. The molecule has 3 aromatic rings. The molecule has 1 saturated heterocycles. The normalized spacial score (nSPS) is 22.2. The van der Waals surface area contributed by atoms with Crippen molar-refractivity contribution < 1.29 is 4.79 Å². The van der Waals surface area contributed by atoms with E-state index in [9.17, 15) is 4.79 Å². The van der Waals surface area contributed by atoms with Gasteiger partial charge in [-0.25, -0.2) is 4.98 Å². The van der Waals surface area contributed by atoms with Crippen LogP contribution in [0.1, 0.15) is 18.4 Å². The SMILES string of the molecule is O=C1Nc2ccccc2[C@@]12CCCN(c1cnc3ccccc3n1)C2. The van der Waals surface area contributed by atoms with Gasteiger partial charge < -0.3 is 10.2 Å². The number of nitrogens with zero attached hydrogens (tertiary/aromatic N) is 3. The highest BCUT2D eigenvalue weighted by Crippen LogP contribution is 2.44. The second-order valence-electron chi connectivity index (χ2n) is 6.82. The van der Waals surface area contributed by atoms with Gasteiger partial charge >= 0.3 is 0 Å². The molecule has 0 unspecified atom stereocenters. The summed E-state index contributed by atoms with van der Waals surface area (Å²) >= 11 is 0. The summed E-state index contributed by atoms with van der Waals surface area (Å²) in [5.41, 5.74) is 3.34. The number of piperidine rings is 1. The summed E-state index contributed by atoms with van der Waals surface area (Å²) < 4.78 is 0. The minimum absolute atomic E-state index is 0.104. The third kappa shape index (κ3) is 2.12. The Morgan fingerprint density at radius 2 is 1.84 bits per heavy atom. The molecule has 0 aliphatic carbocycles. The molecule has 1 aromatic heterocycles. The zero-order chi connectivity index (χ0) is 16.9. The summed E-state index contributed by atoms with van der Waals surface area (Å²) in [6.45, 7) is 1.53. The van der Waals surface area contributed by atoms with Gasteiger partial charge in [-0.1, -0.05) is 30.3 Å². The van der Waals surface area contributed by atoms with Crippen LogP contribution in [0, 0.1) is 0 Å². The number of carbonyl (C=O) groups excluding carboxylic acids is 1. The Morgan fingerprint density at radius 3 is 2.76 bits per heavy atom. The van der Waals surface area contributed by atoms with Crippen molar-refractivity contribution in [3.05, 3.63) is 60.3 Å². The van der Waals surface area contributed by atoms with Crippen molar-refractivity contribution in [2.75, 3.05) is 23.3 Å². The Bertz CT molecular complexity index is 986. The van der Waals surface area contributed by atoms with Crippen LogP contribution in [0.4, 0.5) is 11.5 Å². The topological polar surface area (TPSA) is 58.1 Å². The minimum Gasteiger partial charge on any atom is -0.354 e. The van der Waals surface area contributed by atoms with Crippen LogP contribution >= 0.6 is 0 Å². The molecule has 2 aliphatic heterocycles. The molecule has 0 saturated carbocycles. The van der Waals surface area contributed by atoms with Gasteiger partial charge in [-0.05, 0) is 36.6 Å². The molecular formula is C20H18N4O. The van der Waals surface area contributed by atoms with Crippen molar-refractivity contribution in [1.82, 2.24) is 9.97 Å². The lowest BCUT2D eigenvalue weighted by molar-refractivity contribution is -0.121. The Labute approximate surface area is 145 Å². The Balaban J connectivity index is 1.55. The molecule has 1 fully saturated rings. The van der Waals surface area contributed by atoms with Gasteiger partial charge in [0, 0.05) is 18.8 Å². The fourth-order valence-corrected chi connectivity index (χ4v) is 4.13. The number of rotatable bonds is 1. The molecule has 25 heavy (non-hydrogen) atoms. The van der Waals surface area contributed by atoms with Crippen LogP contribution in [0.3, 0.4) is 0 Å². The molecule has 1 N–H and O–H groups in total. The van der Waals surface area contributed by atoms with Crippen LogP contribution in [0.5, 0.6) is 0 Å². The Morgan fingerprint density at radius 1 is 1.04 bits per heavy atom. The maximum atomic E-state index is 12.8. The number of para-hydroxylation sites is 3. The number of amides is 1. The maximum absolute atomic E-state index is 12.8. The fourth-order valence-electron chi connectivity index (χ4n) is 4.13. The molecule has 5 heteroatoms. The second-order valence-corrected chi connectivity index (χ2v) is 6.82. The standard InChI is InChI=1S/C20H18N4O/c25-19-20(14-6-1-2-7-15(14)23-19)10-5-11-24(13-20)18-12-21-16-8-3-4-9-17(16)22-18/h1-4,6-9,12H,5,10-11,13H2,(H,23,25)/t20-/m0/s1. The first-order chi connectivity index (χ1) is 12.3. The predicted molar refractivity (Wildman–Crippen MR) is 97.7 cm³/mol.